The van der Waals surface area contributed by atoms with E-state index in [0.717, 1.165) is 28.7 Å². The van der Waals surface area contributed by atoms with Gasteiger partial charge in [-0.25, -0.2) is 0 Å². The van der Waals surface area contributed by atoms with E-state index in [1.54, 1.807) is 18.2 Å². The fourth-order valence-electron chi connectivity index (χ4n) is 2.18. The minimum Gasteiger partial charge on any atom is -0.507 e. The van der Waals surface area contributed by atoms with Gasteiger partial charge in [0, 0.05) is 12.8 Å². The summed E-state index contributed by atoms with van der Waals surface area (Å²) in [7, 11) is 0. The molecule has 0 rings (SSSR count). The number of hydrogen-bond acceptors (Lipinski definition) is 3. The van der Waals surface area contributed by atoms with Gasteiger partial charge in [0.15, 0.2) is 5.78 Å². The molecule has 0 saturated carbocycles. The molecule has 0 amide bonds. The van der Waals surface area contributed by atoms with Crippen LogP contribution in [0.2, 0.25) is 0 Å². The number of carbonyl (C=O) groups excluding carboxylic acids is 1. The molecule has 0 aliphatic rings. The quantitative estimate of drug-likeness (QED) is 0.226. The average molecular weight is 354 g/mol. The molecule has 0 fully saturated rings. The van der Waals surface area contributed by atoms with Crippen molar-refractivity contribution in [2.24, 2.45) is 4.99 Å². The van der Waals surface area contributed by atoms with Crippen molar-refractivity contribution in [3.05, 3.63) is 83.2 Å². The van der Waals surface area contributed by atoms with Crippen molar-refractivity contribution in [2.45, 2.75) is 41.0 Å². The molecular weight excluding hydrogens is 322 g/mol. The molecule has 0 saturated heterocycles. The number of carbonyl (C=O) groups is 1. The first-order chi connectivity index (χ1) is 12.3. The number of hydrogen-bond donors (Lipinski definition) is 1. The molecular formula is C23H31NO2. The van der Waals surface area contributed by atoms with E-state index in [1.165, 1.54) is 13.1 Å². The lowest BCUT2D eigenvalue weighted by molar-refractivity contribution is -0.113. The fraction of sp³-hybridized carbons (Fsp3) is 0.304. The molecule has 0 spiro atoms. The van der Waals surface area contributed by atoms with Crippen LogP contribution in [0.15, 0.2) is 88.2 Å². The Kier molecular flexibility index (Phi) is 11.3. The second-order valence-corrected chi connectivity index (χ2v) is 5.81. The van der Waals surface area contributed by atoms with Crippen LogP contribution in [0, 0.1) is 0 Å². The summed E-state index contributed by atoms with van der Waals surface area (Å²) in [4.78, 5) is 16.0. The van der Waals surface area contributed by atoms with E-state index in [2.05, 4.69) is 18.2 Å². The number of rotatable bonds is 10. The standard InChI is InChI=1S/C23H31NO2/c1-8-12-13-20(10-3)21(11-4)18(6)17(5)15-23(26)22(19(7)25)16-24-14-9-2/h8,10-13,15-16,26H,3-4,9,14H2,1-2,5-7H3/b12-8-,17-15+,20-13+,21-18-,23-22-,24-16?. The number of ketones is 1. The summed E-state index contributed by atoms with van der Waals surface area (Å²) >= 11 is 0. The maximum absolute atomic E-state index is 11.8. The lowest BCUT2D eigenvalue weighted by Gasteiger charge is -2.11. The molecule has 26 heavy (non-hydrogen) atoms. The van der Waals surface area contributed by atoms with E-state index in [4.69, 9.17) is 0 Å². The third-order valence-corrected chi connectivity index (χ3v) is 3.78. The molecule has 0 atom stereocenters. The largest absolute Gasteiger partial charge is 0.507 e. The molecule has 3 nitrogen and oxygen atoms in total. The van der Waals surface area contributed by atoms with Crippen molar-refractivity contribution in [3.63, 3.8) is 0 Å². The van der Waals surface area contributed by atoms with Gasteiger partial charge < -0.3 is 5.11 Å². The molecule has 140 valence electrons. The van der Waals surface area contributed by atoms with Crippen LogP contribution in [0.4, 0.5) is 0 Å². The summed E-state index contributed by atoms with van der Waals surface area (Å²) in [5.74, 6) is -0.313. The Bertz CT molecular complexity index is 710. The van der Waals surface area contributed by atoms with Crippen molar-refractivity contribution in [3.8, 4) is 0 Å². The van der Waals surface area contributed by atoms with Crippen LogP contribution in [0.25, 0.3) is 0 Å². The highest BCUT2D eigenvalue weighted by Crippen LogP contribution is 2.23. The first-order valence-electron chi connectivity index (χ1n) is 8.75. The Morgan fingerprint density at radius 1 is 1.12 bits per heavy atom. The SMILES string of the molecule is C=CC(=C(C)/C(C)=C/C(O)=C(\C=NCCC)C(C)=O)/C(C=C)=C/C=C\C. The minimum atomic E-state index is -0.225. The van der Waals surface area contributed by atoms with Crippen molar-refractivity contribution in [1.29, 1.82) is 0 Å². The van der Waals surface area contributed by atoms with E-state index in [-0.39, 0.29) is 17.1 Å². The van der Waals surface area contributed by atoms with Gasteiger partial charge in [0.1, 0.15) is 5.76 Å². The van der Waals surface area contributed by atoms with Gasteiger partial charge in [0.2, 0.25) is 0 Å². The zero-order valence-corrected chi connectivity index (χ0v) is 16.7. The van der Waals surface area contributed by atoms with Gasteiger partial charge in [-0.2, -0.15) is 0 Å². The summed E-state index contributed by atoms with van der Waals surface area (Å²) in [6.07, 6.45) is 13.3. The van der Waals surface area contributed by atoms with Gasteiger partial charge in [0.25, 0.3) is 0 Å². The maximum atomic E-state index is 11.8. The molecule has 0 heterocycles. The Labute approximate surface area is 158 Å². The highest BCUT2D eigenvalue weighted by molar-refractivity contribution is 6.12. The van der Waals surface area contributed by atoms with Crippen LogP contribution in [-0.4, -0.2) is 23.6 Å². The third kappa shape index (κ3) is 7.47. The second kappa shape index (κ2) is 12.6. The highest BCUT2D eigenvalue weighted by atomic mass is 16.3. The van der Waals surface area contributed by atoms with Gasteiger partial charge in [-0.1, -0.05) is 50.5 Å². The lowest BCUT2D eigenvalue weighted by Crippen LogP contribution is -2.03. The topological polar surface area (TPSA) is 49.7 Å². The maximum Gasteiger partial charge on any atom is 0.165 e. The highest BCUT2D eigenvalue weighted by Gasteiger charge is 2.09. The van der Waals surface area contributed by atoms with Gasteiger partial charge >= 0.3 is 0 Å². The Morgan fingerprint density at radius 2 is 1.77 bits per heavy atom. The van der Waals surface area contributed by atoms with E-state index in [0.29, 0.717) is 6.54 Å². The normalized spacial score (nSPS) is 15.1. The van der Waals surface area contributed by atoms with Crippen molar-refractivity contribution in [1.82, 2.24) is 0 Å². The number of allylic oxidation sites excluding steroid dienone is 11. The van der Waals surface area contributed by atoms with E-state index < -0.39 is 0 Å². The summed E-state index contributed by atoms with van der Waals surface area (Å²) in [6, 6.07) is 0. The van der Waals surface area contributed by atoms with E-state index in [1.807, 2.05) is 45.9 Å². The van der Waals surface area contributed by atoms with Crippen LogP contribution in [-0.2, 0) is 4.79 Å². The zero-order valence-electron chi connectivity index (χ0n) is 16.7. The second-order valence-electron chi connectivity index (χ2n) is 5.81. The van der Waals surface area contributed by atoms with Crippen LogP contribution in [0.3, 0.4) is 0 Å². The van der Waals surface area contributed by atoms with E-state index in [9.17, 15) is 9.90 Å². The molecule has 0 unspecified atom stereocenters. The van der Waals surface area contributed by atoms with Gasteiger partial charge in [-0.05, 0) is 62.5 Å². The first-order valence-corrected chi connectivity index (χ1v) is 8.75. The molecule has 0 aromatic heterocycles. The van der Waals surface area contributed by atoms with Crippen LogP contribution in [0.1, 0.15) is 41.0 Å². The van der Waals surface area contributed by atoms with E-state index >= 15 is 0 Å². The monoisotopic (exact) mass is 353 g/mol. The van der Waals surface area contributed by atoms with Crippen LogP contribution >= 0.6 is 0 Å². The lowest BCUT2D eigenvalue weighted by atomic mass is 9.95. The molecule has 0 aromatic rings. The summed E-state index contributed by atoms with van der Waals surface area (Å²) in [6.45, 7) is 17.5. The predicted octanol–water partition coefficient (Wildman–Crippen LogP) is 6.01. The Balaban J connectivity index is 6.14. The number of Topliss-reactive ketones (excluding diaryl/α,β-unsaturated/α-hetero) is 1. The Morgan fingerprint density at radius 3 is 2.23 bits per heavy atom. The summed E-state index contributed by atoms with van der Waals surface area (Å²) < 4.78 is 0. The predicted molar refractivity (Wildman–Crippen MR) is 114 cm³/mol. The smallest absolute Gasteiger partial charge is 0.165 e. The minimum absolute atomic E-state index is 0.0878. The molecule has 3 heteroatoms. The molecule has 0 aromatic carbocycles. The average Bonchev–Trinajstić information content (AvgIpc) is 2.61. The summed E-state index contributed by atoms with van der Waals surface area (Å²) in [5.41, 5.74) is 3.83. The Hall–Kier alpha value is -2.68. The molecule has 0 bridgehead atoms. The molecule has 0 aliphatic heterocycles. The van der Waals surface area contributed by atoms with Crippen LogP contribution in [0.5, 0.6) is 0 Å². The van der Waals surface area contributed by atoms with Crippen molar-refractivity contribution in [2.75, 3.05) is 6.54 Å². The van der Waals surface area contributed by atoms with Crippen LogP contribution < -0.4 is 0 Å². The molecule has 1 N–H and O–H groups in total. The molecule has 0 radical (unpaired) electrons. The van der Waals surface area contributed by atoms with Crippen molar-refractivity contribution >= 4 is 12.0 Å². The zero-order chi connectivity index (χ0) is 20.1. The van der Waals surface area contributed by atoms with Crippen molar-refractivity contribution < 1.29 is 9.90 Å². The first kappa shape index (κ1) is 23.3. The van der Waals surface area contributed by atoms with Gasteiger partial charge in [0.05, 0.1) is 5.57 Å². The number of aliphatic hydroxyl groups is 1. The third-order valence-electron chi connectivity index (χ3n) is 3.78. The summed E-state index contributed by atoms with van der Waals surface area (Å²) in [5, 5.41) is 10.4. The van der Waals surface area contributed by atoms with Gasteiger partial charge in [-0.15, -0.1) is 0 Å². The molecule has 0 aliphatic carbocycles. The number of nitrogens with zero attached hydrogens (tertiary/aromatic N) is 1. The number of aliphatic hydroxyl groups excluding tert-OH is 1. The fourth-order valence-corrected chi connectivity index (χ4v) is 2.18. The number of aliphatic imine (C=N–C) groups is 1. The van der Waals surface area contributed by atoms with Gasteiger partial charge in [-0.3, -0.25) is 9.79 Å².